The topological polar surface area (TPSA) is 41.1 Å². The Morgan fingerprint density at radius 1 is 1.50 bits per heavy atom. The van der Waals surface area contributed by atoms with Gasteiger partial charge in [-0.1, -0.05) is 22.9 Å². The normalized spacial score (nSPS) is 11.6. The van der Waals surface area contributed by atoms with Crippen LogP contribution in [-0.2, 0) is 4.79 Å². The molecule has 0 heterocycles. The molecule has 1 aromatic carbocycles. The third-order valence-electron chi connectivity index (χ3n) is 2.28. The summed E-state index contributed by atoms with van der Waals surface area (Å²) in [5.41, 5.74) is 0.198. The van der Waals surface area contributed by atoms with Gasteiger partial charge in [-0.15, -0.1) is 12.4 Å². The molecular weight excluding hydrogens is 322 g/mol. The van der Waals surface area contributed by atoms with Gasteiger partial charge in [0.1, 0.15) is 5.82 Å². The maximum atomic E-state index is 13.5. The van der Waals surface area contributed by atoms with Crippen molar-refractivity contribution in [3.8, 4) is 0 Å². The van der Waals surface area contributed by atoms with Crippen molar-refractivity contribution in [3.63, 3.8) is 0 Å². The minimum absolute atomic E-state index is 0. The average Bonchev–Trinajstić information content (AvgIpc) is 2.29. The van der Waals surface area contributed by atoms with E-state index in [2.05, 4.69) is 26.6 Å². The molecule has 0 aliphatic carbocycles. The van der Waals surface area contributed by atoms with Crippen LogP contribution in [0.5, 0.6) is 0 Å². The van der Waals surface area contributed by atoms with E-state index in [9.17, 15) is 9.18 Å². The first-order chi connectivity index (χ1) is 8.04. The molecule has 0 aliphatic heterocycles. The molecule has 0 radical (unpaired) electrons. The van der Waals surface area contributed by atoms with E-state index in [1.807, 2.05) is 6.92 Å². The lowest BCUT2D eigenvalue weighted by Crippen LogP contribution is -2.38. The first-order valence-corrected chi connectivity index (χ1v) is 6.33. The van der Waals surface area contributed by atoms with Gasteiger partial charge in [0.05, 0.1) is 11.7 Å². The van der Waals surface area contributed by atoms with Crippen molar-refractivity contribution in [1.29, 1.82) is 0 Å². The standard InChI is InChI=1S/C12H16BrFN2O.ClH/c1-3-6-15-8(2)12(17)16-11-5-4-9(13)7-10(11)14;/h4-5,7-8,15H,3,6H2,1-2H3,(H,16,17);1H. The van der Waals surface area contributed by atoms with Crippen LogP contribution in [0, 0.1) is 5.82 Å². The summed E-state index contributed by atoms with van der Waals surface area (Å²) < 4.78 is 14.1. The SMILES string of the molecule is CCCNC(C)C(=O)Nc1ccc(Br)cc1F.Cl. The molecule has 0 fully saturated rings. The van der Waals surface area contributed by atoms with Crippen LogP contribution < -0.4 is 10.6 Å². The van der Waals surface area contributed by atoms with E-state index < -0.39 is 5.82 Å². The highest BCUT2D eigenvalue weighted by molar-refractivity contribution is 9.10. The van der Waals surface area contributed by atoms with Crippen molar-refractivity contribution in [2.75, 3.05) is 11.9 Å². The van der Waals surface area contributed by atoms with Gasteiger partial charge in [-0.05, 0) is 38.1 Å². The second-order valence-electron chi connectivity index (χ2n) is 3.79. The van der Waals surface area contributed by atoms with Crippen LogP contribution in [0.1, 0.15) is 20.3 Å². The van der Waals surface area contributed by atoms with Crippen LogP contribution in [-0.4, -0.2) is 18.5 Å². The van der Waals surface area contributed by atoms with Crippen LogP contribution in [0.25, 0.3) is 0 Å². The monoisotopic (exact) mass is 338 g/mol. The van der Waals surface area contributed by atoms with E-state index in [4.69, 9.17) is 0 Å². The number of carbonyl (C=O) groups excluding carboxylic acids is 1. The minimum atomic E-state index is -0.449. The molecule has 1 unspecified atom stereocenters. The molecule has 0 bridgehead atoms. The van der Waals surface area contributed by atoms with Gasteiger partial charge in [-0.2, -0.15) is 0 Å². The largest absolute Gasteiger partial charge is 0.322 e. The van der Waals surface area contributed by atoms with Crippen LogP contribution in [0.3, 0.4) is 0 Å². The maximum absolute atomic E-state index is 13.5. The van der Waals surface area contributed by atoms with Crippen LogP contribution in [0.2, 0.25) is 0 Å². The van der Waals surface area contributed by atoms with Gasteiger partial charge < -0.3 is 10.6 Å². The highest BCUT2D eigenvalue weighted by Gasteiger charge is 2.13. The number of hydrogen-bond donors (Lipinski definition) is 2. The number of anilines is 1. The Hall–Kier alpha value is -0.650. The molecule has 1 aromatic rings. The molecule has 6 heteroatoms. The second-order valence-corrected chi connectivity index (χ2v) is 4.70. The van der Waals surface area contributed by atoms with Gasteiger partial charge in [0.25, 0.3) is 0 Å². The van der Waals surface area contributed by atoms with E-state index in [-0.39, 0.29) is 30.0 Å². The average molecular weight is 340 g/mol. The lowest BCUT2D eigenvalue weighted by molar-refractivity contribution is -0.117. The van der Waals surface area contributed by atoms with Crippen molar-refractivity contribution in [1.82, 2.24) is 5.32 Å². The summed E-state index contributed by atoms with van der Waals surface area (Å²) in [5, 5.41) is 5.59. The molecule has 0 spiro atoms. The van der Waals surface area contributed by atoms with Crippen molar-refractivity contribution in [2.45, 2.75) is 26.3 Å². The van der Waals surface area contributed by atoms with E-state index in [1.54, 1.807) is 13.0 Å². The zero-order valence-electron chi connectivity index (χ0n) is 10.3. The van der Waals surface area contributed by atoms with Gasteiger partial charge in [0.15, 0.2) is 0 Å². The van der Waals surface area contributed by atoms with Gasteiger partial charge in [-0.3, -0.25) is 4.79 Å². The lowest BCUT2D eigenvalue weighted by Gasteiger charge is -2.13. The second kappa shape index (κ2) is 8.45. The minimum Gasteiger partial charge on any atom is -0.322 e. The molecule has 0 saturated carbocycles. The summed E-state index contributed by atoms with van der Waals surface area (Å²) >= 11 is 3.16. The predicted octanol–water partition coefficient (Wildman–Crippen LogP) is 3.34. The summed E-state index contributed by atoms with van der Waals surface area (Å²) in [6.45, 7) is 4.53. The molecule has 0 saturated heterocycles. The van der Waals surface area contributed by atoms with E-state index in [0.717, 1.165) is 13.0 Å². The molecule has 1 atom stereocenters. The molecule has 102 valence electrons. The van der Waals surface area contributed by atoms with Crippen molar-refractivity contribution in [2.24, 2.45) is 0 Å². The quantitative estimate of drug-likeness (QED) is 0.864. The first kappa shape index (κ1) is 17.4. The zero-order chi connectivity index (χ0) is 12.8. The van der Waals surface area contributed by atoms with Crippen molar-refractivity contribution in [3.05, 3.63) is 28.5 Å². The Morgan fingerprint density at radius 2 is 2.17 bits per heavy atom. The number of amides is 1. The summed E-state index contributed by atoms with van der Waals surface area (Å²) in [4.78, 5) is 11.7. The predicted molar refractivity (Wildman–Crippen MR) is 77.7 cm³/mol. The van der Waals surface area contributed by atoms with Crippen LogP contribution >= 0.6 is 28.3 Å². The van der Waals surface area contributed by atoms with E-state index >= 15 is 0 Å². The van der Waals surface area contributed by atoms with Crippen LogP contribution in [0.4, 0.5) is 10.1 Å². The van der Waals surface area contributed by atoms with Gasteiger partial charge >= 0.3 is 0 Å². The van der Waals surface area contributed by atoms with Crippen molar-refractivity contribution >= 4 is 39.9 Å². The molecule has 1 amide bonds. The number of halogens is 3. The smallest absolute Gasteiger partial charge is 0.241 e. The fraction of sp³-hybridized carbons (Fsp3) is 0.417. The zero-order valence-corrected chi connectivity index (χ0v) is 12.7. The number of carbonyl (C=O) groups is 1. The number of benzene rings is 1. The number of rotatable bonds is 5. The Labute approximate surface area is 121 Å². The highest BCUT2D eigenvalue weighted by Crippen LogP contribution is 2.19. The first-order valence-electron chi connectivity index (χ1n) is 5.54. The molecule has 2 N–H and O–H groups in total. The summed E-state index contributed by atoms with van der Waals surface area (Å²) in [6, 6.07) is 4.20. The Bertz CT molecular complexity index is 404. The van der Waals surface area contributed by atoms with Crippen molar-refractivity contribution < 1.29 is 9.18 Å². The fourth-order valence-electron chi connectivity index (χ4n) is 1.29. The molecule has 18 heavy (non-hydrogen) atoms. The fourth-order valence-corrected chi connectivity index (χ4v) is 1.62. The van der Waals surface area contributed by atoms with Gasteiger partial charge in [-0.25, -0.2) is 4.39 Å². The molecule has 3 nitrogen and oxygen atoms in total. The van der Waals surface area contributed by atoms with Crippen LogP contribution in [0.15, 0.2) is 22.7 Å². The van der Waals surface area contributed by atoms with Gasteiger partial charge in [0, 0.05) is 4.47 Å². The maximum Gasteiger partial charge on any atom is 0.241 e. The third kappa shape index (κ3) is 5.33. The number of nitrogens with one attached hydrogen (secondary N) is 2. The van der Waals surface area contributed by atoms with E-state index in [0.29, 0.717) is 4.47 Å². The Balaban J connectivity index is 0.00000289. The molecule has 0 aromatic heterocycles. The summed E-state index contributed by atoms with van der Waals surface area (Å²) in [7, 11) is 0. The molecular formula is C12H17BrClFN2O. The Kier molecular flexibility index (Phi) is 8.15. The number of hydrogen-bond acceptors (Lipinski definition) is 2. The summed E-state index contributed by atoms with van der Waals surface area (Å²) in [5.74, 6) is -0.685. The molecule has 0 aliphatic rings. The third-order valence-corrected chi connectivity index (χ3v) is 2.78. The summed E-state index contributed by atoms with van der Waals surface area (Å²) in [6.07, 6.45) is 0.949. The molecule has 1 rings (SSSR count). The highest BCUT2D eigenvalue weighted by atomic mass is 79.9. The Morgan fingerprint density at radius 3 is 2.72 bits per heavy atom. The lowest BCUT2D eigenvalue weighted by atomic mass is 10.2. The van der Waals surface area contributed by atoms with E-state index in [1.165, 1.54) is 12.1 Å². The van der Waals surface area contributed by atoms with Gasteiger partial charge in [0.2, 0.25) is 5.91 Å².